The number of nitrogens with zero attached hydrogens (tertiary/aromatic N) is 4. The molecule has 28 heavy (non-hydrogen) atoms. The summed E-state index contributed by atoms with van der Waals surface area (Å²) in [5.41, 5.74) is 0.813. The first kappa shape index (κ1) is 19.9. The highest BCUT2D eigenvalue weighted by Crippen LogP contribution is 2.64. The first-order valence-corrected chi connectivity index (χ1v) is 11.6. The van der Waals surface area contributed by atoms with E-state index >= 15 is 0 Å². The van der Waals surface area contributed by atoms with Crippen molar-refractivity contribution in [2.24, 2.45) is 22.7 Å². The Balaban J connectivity index is 1.29. The molecule has 0 N–H and O–H groups in total. The SMILES string of the molecule is CCn1cnnc1C1CCN(C(=O)C2CC23CCC(C(C)(C)CC)CC3)CC1. The van der Waals surface area contributed by atoms with E-state index in [9.17, 15) is 4.79 Å². The van der Waals surface area contributed by atoms with Gasteiger partial charge in [-0.1, -0.05) is 27.2 Å². The number of hydrogen-bond acceptors (Lipinski definition) is 3. The van der Waals surface area contributed by atoms with Gasteiger partial charge in [-0.05, 0) is 68.6 Å². The molecule has 5 heteroatoms. The van der Waals surface area contributed by atoms with Crippen LogP contribution in [0.15, 0.2) is 6.33 Å². The van der Waals surface area contributed by atoms with Gasteiger partial charge in [0, 0.05) is 31.5 Å². The lowest BCUT2D eigenvalue weighted by atomic mass is 9.66. The summed E-state index contributed by atoms with van der Waals surface area (Å²) < 4.78 is 2.15. The van der Waals surface area contributed by atoms with Crippen molar-refractivity contribution < 1.29 is 4.79 Å². The summed E-state index contributed by atoms with van der Waals surface area (Å²) in [5, 5.41) is 8.42. The highest BCUT2D eigenvalue weighted by Gasteiger charge is 2.60. The smallest absolute Gasteiger partial charge is 0.226 e. The Labute approximate surface area is 170 Å². The van der Waals surface area contributed by atoms with Crippen LogP contribution in [-0.4, -0.2) is 38.7 Å². The molecule has 3 aliphatic rings. The van der Waals surface area contributed by atoms with Crippen LogP contribution in [0.1, 0.15) is 90.8 Å². The summed E-state index contributed by atoms with van der Waals surface area (Å²) in [6.07, 6.45) is 11.5. The molecule has 1 aromatic rings. The molecule has 1 unspecified atom stereocenters. The second-order valence-electron chi connectivity index (χ2n) is 10.3. The van der Waals surface area contributed by atoms with E-state index in [2.05, 4.69) is 47.4 Å². The lowest BCUT2D eigenvalue weighted by Gasteiger charge is -2.40. The summed E-state index contributed by atoms with van der Waals surface area (Å²) in [5.74, 6) is 3.16. The molecule has 5 nitrogen and oxygen atoms in total. The Bertz CT molecular complexity index is 693. The number of likely N-dealkylation sites (tertiary alicyclic amines) is 1. The predicted octanol–water partition coefficient (Wildman–Crippen LogP) is 4.64. The zero-order chi connectivity index (χ0) is 19.9. The maximum Gasteiger partial charge on any atom is 0.226 e. The van der Waals surface area contributed by atoms with Gasteiger partial charge in [0.1, 0.15) is 12.2 Å². The Morgan fingerprint density at radius 1 is 1.18 bits per heavy atom. The summed E-state index contributed by atoms with van der Waals surface area (Å²) in [6.45, 7) is 12.0. The Morgan fingerprint density at radius 3 is 2.46 bits per heavy atom. The number of aromatic nitrogens is 3. The third kappa shape index (κ3) is 3.50. The quantitative estimate of drug-likeness (QED) is 0.741. The fourth-order valence-electron chi connectivity index (χ4n) is 5.91. The Hall–Kier alpha value is -1.39. The molecule has 4 rings (SSSR count). The van der Waals surface area contributed by atoms with Crippen LogP contribution in [-0.2, 0) is 11.3 Å². The average molecular weight is 387 g/mol. The molecule has 2 aliphatic carbocycles. The molecule has 3 fully saturated rings. The van der Waals surface area contributed by atoms with E-state index in [1.54, 1.807) is 0 Å². The molecule has 2 saturated carbocycles. The molecule has 1 aliphatic heterocycles. The second kappa shape index (κ2) is 7.46. The van der Waals surface area contributed by atoms with Crippen molar-refractivity contribution >= 4 is 5.91 Å². The van der Waals surface area contributed by atoms with Crippen LogP contribution in [0.2, 0.25) is 0 Å². The van der Waals surface area contributed by atoms with Crippen molar-refractivity contribution in [2.45, 2.75) is 91.5 Å². The van der Waals surface area contributed by atoms with E-state index in [0.717, 1.165) is 50.6 Å². The summed E-state index contributed by atoms with van der Waals surface area (Å²) in [7, 11) is 0. The molecule has 1 amide bonds. The van der Waals surface area contributed by atoms with E-state index in [-0.39, 0.29) is 0 Å². The van der Waals surface area contributed by atoms with Crippen LogP contribution in [0.5, 0.6) is 0 Å². The van der Waals surface area contributed by atoms with Gasteiger partial charge in [0.25, 0.3) is 0 Å². The molecule has 1 spiro atoms. The van der Waals surface area contributed by atoms with Gasteiger partial charge in [-0.2, -0.15) is 0 Å². The number of carbonyl (C=O) groups excluding carboxylic acids is 1. The zero-order valence-electron chi connectivity index (χ0n) is 18.3. The molecule has 1 saturated heterocycles. The molecule has 0 bridgehead atoms. The number of carbonyl (C=O) groups is 1. The number of aryl methyl sites for hydroxylation is 1. The van der Waals surface area contributed by atoms with Crippen LogP contribution < -0.4 is 0 Å². The minimum atomic E-state index is 0.314. The Kier molecular flexibility index (Phi) is 5.30. The normalized spacial score (nSPS) is 31.4. The van der Waals surface area contributed by atoms with E-state index in [1.807, 2.05) is 6.33 Å². The van der Waals surface area contributed by atoms with Crippen molar-refractivity contribution in [3.05, 3.63) is 12.2 Å². The van der Waals surface area contributed by atoms with Crippen molar-refractivity contribution in [3.8, 4) is 0 Å². The van der Waals surface area contributed by atoms with Crippen LogP contribution in [0, 0.1) is 22.7 Å². The molecule has 0 aromatic carbocycles. The van der Waals surface area contributed by atoms with Gasteiger partial charge in [0.2, 0.25) is 5.91 Å². The Morgan fingerprint density at radius 2 is 1.86 bits per heavy atom. The molecule has 2 heterocycles. The van der Waals surface area contributed by atoms with Crippen LogP contribution in [0.25, 0.3) is 0 Å². The largest absolute Gasteiger partial charge is 0.342 e. The highest BCUT2D eigenvalue weighted by atomic mass is 16.2. The first-order chi connectivity index (χ1) is 13.4. The second-order valence-corrected chi connectivity index (χ2v) is 10.3. The monoisotopic (exact) mass is 386 g/mol. The maximum absolute atomic E-state index is 13.2. The fraction of sp³-hybridized carbons (Fsp3) is 0.870. The van der Waals surface area contributed by atoms with E-state index in [4.69, 9.17) is 0 Å². The standard InChI is InChI=1S/C23H38N4O/c1-5-22(3,4)18-7-11-23(12-8-18)15-19(23)21(28)27-13-9-17(10-14-27)20-25-24-16-26(20)6-2/h16-19H,5-15H2,1-4H3. The topological polar surface area (TPSA) is 51.0 Å². The van der Waals surface area contributed by atoms with Gasteiger partial charge < -0.3 is 9.47 Å². The lowest BCUT2D eigenvalue weighted by Crippen LogP contribution is -2.40. The van der Waals surface area contributed by atoms with Gasteiger partial charge >= 0.3 is 0 Å². The van der Waals surface area contributed by atoms with E-state index in [0.29, 0.717) is 28.6 Å². The number of piperidine rings is 1. The fourth-order valence-corrected chi connectivity index (χ4v) is 5.91. The van der Waals surface area contributed by atoms with Gasteiger partial charge in [-0.3, -0.25) is 4.79 Å². The number of rotatable bonds is 5. The lowest BCUT2D eigenvalue weighted by molar-refractivity contribution is -0.134. The zero-order valence-corrected chi connectivity index (χ0v) is 18.3. The number of hydrogen-bond donors (Lipinski definition) is 0. The molecule has 1 atom stereocenters. The summed E-state index contributed by atoms with van der Waals surface area (Å²) in [4.78, 5) is 15.3. The third-order valence-electron chi connectivity index (χ3n) is 8.64. The molecule has 1 aromatic heterocycles. The molecule has 156 valence electrons. The van der Waals surface area contributed by atoms with E-state index in [1.165, 1.54) is 32.1 Å². The van der Waals surface area contributed by atoms with Crippen molar-refractivity contribution in [1.82, 2.24) is 19.7 Å². The maximum atomic E-state index is 13.2. The highest BCUT2D eigenvalue weighted by molar-refractivity contribution is 5.82. The van der Waals surface area contributed by atoms with Gasteiger partial charge in [-0.25, -0.2) is 0 Å². The third-order valence-corrected chi connectivity index (χ3v) is 8.64. The minimum absolute atomic E-state index is 0.314. The van der Waals surface area contributed by atoms with Crippen molar-refractivity contribution in [3.63, 3.8) is 0 Å². The van der Waals surface area contributed by atoms with Crippen LogP contribution >= 0.6 is 0 Å². The average Bonchev–Trinajstić information content (AvgIpc) is 3.19. The van der Waals surface area contributed by atoms with Crippen LogP contribution in [0.3, 0.4) is 0 Å². The molecular formula is C23H38N4O. The number of amides is 1. The summed E-state index contributed by atoms with van der Waals surface area (Å²) >= 11 is 0. The van der Waals surface area contributed by atoms with Gasteiger partial charge in [-0.15, -0.1) is 10.2 Å². The molecular weight excluding hydrogens is 348 g/mol. The van der Waals surface area contributed by atoms with Crippen molar-refractivity contribution in [2.75, 3.05) is 13.1 Å². The van der Waals surface area contributed by atoms with E-state index < -0.39 is 0 Å². The van der Waals surface area contributed by atoms with Gasteiger partial charge in [0.15, 0.2) is 0 Å². The predicted molar refractivity (Wildman–Crippen MR) is 111 cm³/mol. The summed E-state index contributed by atoms with van der Waals surface area (Å²) in [6, 6.07) is 0. The first-order valence-electron chi connectivity index (χ1n) is 11.6. The molecule has 0 radical (unpaired) electrons. The minimum Gasteiger partial charge on any atom is -0.342 e. The van der Waals surface area contributed by atoms with Gasteiger partial charge in [0.05, 0.1) is 0 Å². The van der Waals surface area contributed by atoms with Crippen molar-refractivity contribution in [1.29, 1.82) is 0 Å². The van der Waals surface area contributed by atoms with Crippen LogP contribution in [0.4, 0.5) is 0 Å².